The fourth-order valence-corrected chi connectivity index (χ4v) is 7.63. The van der Waals surface area contributed by atoms with Gasteiger partial charge < -0.3 is 15.4 Å². The molecule has 3 aromatic carbocycles. The third-order valence-electron chi connectivity index (χ3n) is 9.46. The lowest BCUT2D eigenvalue weighted by molar-refractivity contribution is -0.0149. The van der Waals surface area contributed by atoms with Gasteiger partial charge in [0.25, 0.3) is 0 Å². The Balaban J connectivity index is 1.28. The molecule has 3 heterocycles. The lowest BCUT2D eigenvalue weighted by Crippen LogP contribution is -2.46. The van der Waals surface area contributed by atoms with Crippen LogP contribution in [0.1, 0.15) is 50.5 Å². The zero-order valence-electron chi connectivity index (χ0n) is 25.1. The topological polar surface area (TPSA) is 61.2 Å². The number of nitrogens with zero attached hydrogens (tertiary/aromatic N) is 3. The maximum Gasteiger partial charge on any atom is 0.158 e. The van der Waals surface area contributed by atoms with Gasteiger partial charge in [-0.15, -0.1) is 0 Å². The van der Waals surface area contributed by atoms with E-state index in [2.05, 4.69) is 27.2 Å². The summed E-state index contributed by atoms with van der Waals surface area (Å²) in [5.74, 6) is 0.179. The molecular weight excluding hydrogens is 561 g/mol. The predicted octanol–water partition coefficient (Wildman–Crippen LogP) is 6.95. The quantitative estimate of drug-likeness (QED) is 0.141. The van der Waals surface area contributed by atoms with Crippen LogP contribution in [-0.4, -0.2) is 75.0 Å². The van der Waals surface area contributed by atoms with Gasteiger partial charge in [0.1, 0.15) is 11.5 Å². The van der Waals surface area contributed by atoms with Gasteiger partial charge in [-0.3, -0.25) is 4.90 Å². The molecule has 2 bridgehead atoms. The van der Waals surface area contributed by atoms with Crippen molar-refractivity contribution in [1.29, 1.82) is 0 Å². The largest absolute Gasteiger partial charge is 0.378 e. The van der Waals surface area contributed by atoms with E-state index in [1.807, 2.05) is 55.6 Å². The molecule has 0 aliphatic carbocycles. The van der Waals surface area contributed by atoms with Crippen molar-refractivity contribution in [3.8, 4) is 11.1 Å². The highest BCUT2D eigenvalue weighted by molar-refractivity contribution is 6.34. The first-order chi connectivity index (χ1) is 21.1. The van der Waals surface area contributed by atoms with Gasteiger partial charge in [-0.25, -0.2) is 14.4 Å². The highest BCUT2D eigenvalue weighted by Gasteiger charge is 2.36. The van der Waals surface area contributed by atoms with Crippen LogP contribution in [-0.2, 0) is 11.2 Å². The summed E-state index contributed by atoms with van der Waals surface area (Å²) < 4.78 is 22.5. The number of hydrogen-bond acceptors (Lipinski definition) is 5. The number of likely N-dealkylation sites (N-methyl/N-ethyl adjacent to an activating group) is 1. The second-order valence-electron chi connectivity index (χ2n) is 12.3. The van der Waals surface area contributed by atoms with Crippen LogP contribution in [0.15, 0.2) is 58.5 Å². The van der Waals surface area contributed by atoms with Gasteiger partial charge in [-0.1, -0.05) is 54.1 Å². The highest BCUT2D eigenvalue weighted by atomic mass is 35.5. The van der Waals surface area contributed by atoms with E-state index < -0.39 is 5.82 Å². The Morgan fingerprint density at radius 3 is 2.63 bits per heavy atom. The van der Waals surface area contributed by atoms with Crippen molar-refractivity contribution in [3.63, 3.8) is 0 Å². The summed E-state index contributed by atoms with van der Waals surface area (Å²) in [5.41, 5.74) is 2.30. The number of amidine groups is 1. The molecule has 0 radical (unpaired) electrons. The van der Waals surface area contributed by atoms with Crippen LogP contribution in [0.3, 0.4) is 0 Å². The zero-order chi connectivity index (χ0) is 29.8. The molecule has 0 amide bonds. The molecule has 0 spiro atoms. The molecule has 3 fully saturated rings. The molecule has 3 aromatic rings. The van der Waals surface area contributed by atoms with Crippen LogP contribution in [0.25, 0.3) is 21.9 Å². The summed E-state index contributed by atoms with van der Waals surface area (Å²) in [6.45, 7) is 7.47. The maximum absolute atomic E-state index is 16.8. The van der Waals surface area contributed by atoms with Crippen molar-refractivity contribution < 1.29 is 9.13 Å². The van der Waals surface area contributed by atoms with Crippen LogP contribution in [0.5, 0.6) is 0 Å². The molecule has 2 N–H and O–H groups in total. The number of fused-ring (bicyclic) bond motifs is 3. The first kappa shape index (κ1) is 30.4. The lowest BCUT2D eigenvalue weighted by Gasteiger charge is -2.34. The van der Waals surface area contributed by atoms with Crippen LogP contribution in [0.2, 0.25) is 5.02 Å². The second-order valence-corrected chi connectivity index (χ2v) is 12.7. The fourth-order valence-electron chi connectivity index (χ4n) is 7.32. The molecule has 8 heteroatoms. The Kier molecular flexibility index (Phi) is 9.85. The third kappa shape index (κ3) is 6.71. The Morgan fingerprint density at radius 1 is 1.07 bits per heavy atom. The first-order valence-corrected chi connectivity index (χ1v) is 16.2. The number of aliphatic imine (C=N–C) groups is 2. The minimum Gasteiger partial charge on any atom is -0.378 e. The Morgan fingerprint density at radius 2 is 1.84 bits per heavy atom. The summed E-state index contributed by atoms with van der Waals surface area (Å²) >= 11 is 6.91. The molecular formula is C35H43ClFN5O. The number of morpholine rings is 1. The van der Waals surface area contributed by atoms with Crippen molar-refractivity contribution >= 4 is 40.6 Å². The number of hydrogen-bond donors (Lipinski definition) is 2. The minimum atomic E-state index is -0.394. The lowest BCUT2D eigenvalue weighted by atomic mass is 9.94. The summed E-state index contributed by atoms with van der Waals surface area (Å²) in [4.78, 5) is 11.8. The number of benzene rings is 3. The number of nitrogens with one attached hydrogen (secondary N) is 2. The van der Waals surface area contributed by atoms with Crippen LogP contribution < -0.4 is 10.6 Å². The normalized spacial score (nSPS) is 24.2. The summed E-state index contributed by atoms with van der Waals surface area (Å²) in [6, 6.07) is 17.6. The van der Waals surface area contributed by atoms with Crippen LogP contribution >= 0.6 is 11.6 Å². The van der Waals surface area contributed by atoms with Gasteiger partial charge in [0.15, 0.2) is 5.82 Å². The molecule has 0 aromatic heterocycles. The molecule has 228 valence electrons. The van der Waals surface area contributed by atoms with Crippen LogP contribution in [0, 0.1) is 5.82 Å². The standard InChI is InChI=1S/C35H43ClFN5O/c1-38-20-26-14-13-25(40-26)18-24-19-31(36)33(30-11-7-9-23-8-3-4-10-29(23)30)34(37)35(24)41-32(39-2)12-5-6-17-42-27-15-16-28(42)22-43-21-27/h3-4,7-11,19,25-28,38,40H,2,5-6,12-18,20-22H2,1H3. The Labute approximate surface area is 259 Å². The molecule has 3 aliphatic rings. The smallest absolute Gasteiger partial charge is 0.158 e. The van der Waals surface area contributed by atoms with Gasteiger partial charge in [0.05, 0.1) is 18.2 Å². The fraction of sp³-hybridized carbons (Fsp3) is 0.486. The van der Waals surface area contributed by atoms with Crippen molar-refractivity contribution in [2.75, 3.05) is 33.4 Å². The van der Waals surface area contributed by atoms with Gasteiger partial charge in [0, 0.05) is 42.7 Å². The van der Waals surface area contributed by atoms with E-state index >= 15 is 4.39 Å². The number of unbranched alkanes of at least 4 members (excludes halogenated alkanes) is 1. The monoisotopic (exact) mass is 603 g/mol. The van der Waals surface area contributed by atoms with E-state index in [1.165, 1.54) is 12.8 Å². The van der Waals surface area contributed by atoms with Crippen molar-refractivity contribution in [3.05, 3.63) is 64.9 Å². The zero-order valence-corrected chi connectivity index (χ0v) is 25.9. The summed E-state index contributed by atoms with van der Waals surface area (Å²) in [6.07, 6.45) is 7.83. The highest BCUT2D eigenvalue weighted by Crippen LogP contribution is 2.42. The number of halogens is 2. The molecule has 3 aliphatic heterocycles. The minimum absolute atomic E-state index is 0.232. The van der Waals surface area contributed by atoms with Gasteiger partial charge in [-0.2, -0.15) is 0 Å². The molecule has 6 rings (SSSR count). The van der Waals surface area contributed by atoms with E-state index in [1.54, 1.807) is 0 Å². The molecule has 6 nitrogen and oxygen atoms in total. The first-order valence-electron chi connectivity index (χ1n) is 15.8. The maximum atomic E-state index is 16.8. The number of rotatable bonds is 11. The van der Waals surface area contributed by atoms with E-state index in [0.29, 0.717) is 53.1 Å². The average molecular weight is 604 g/mol. The molecule has 4 unspecified atom stereocenters. The molecule has 0 saturated carbocycles. The molecule has 3 saturated heterocycles. The van der Waals surface area contributed by atoms with E-state index in [4.69, 9.17) is 21.3 Å². The van der Waals surface area contributed by atoms with Gasteiger partial charge >= 0.3 is 0 Å². The Bertz CT molecular complexity index is 1460. The van der Waals surface area contributed by atoms with E-state index in [-0.39, 0.29) is 6.04 Å². The summed E-state index contributed by atoms with van der Waals surface area (Å²) in [5, 5.41) is 9.36. The second kappa shape index (κ2) is 14.0. The van der Waals surface area contributed by atoms with Gasteiger partial charge in [-0.05, 0) is 93.2 Å². The summed E-state index contributed by atoms with van der Waals surface area (Å²) in [7, 11) is 1.97. The predicted molar refractivity (Wildman–Crippen MR) is 177 cm³/mol. The number of ether oxygens (including phenoxy) is 1. The van der Waals surface area contributed by atoms with Crippen LogP contribution in [0.4, 0.5) is 10.1 Å². The third-order valence-corrected chi connectivity index (χ3v) is 9.76. The molecule has 43 heavy (non-hydrogen) atoms. The SMILES string of the molecule is C=NC(CCCCN1C2CCC1COC2)=Nc1c(CC2CCC(CNC)N2)cc(Cl)c(-c2cccc3ccccc23)c1F. The van der Waals surface area contributed by atoms with Crippen molar-refractivity contribution in [2.45, 2.75) is 75.5 Å². The van der Waals surface area contributed by atoms with Gasteiger partial charge in [0.2, 0.25) is 0 Å². The average Bonchev–Trinajstić information content (AvgIpc) is 3.54. The van der Waals surface area contributed by atoms with E-state index in [0.717, 1.165) is 73.9 Å². The Hall–Kier alpha value is -2.68. The van der Waals surface area contributed by atoms with Crippen molar-refractivity contribution in [1.82, 2.24) is 15.5 Å². The van der Waals surface area contributed by atoms with Crippen molar-refractivity contribution in [2.24, 2.45) is 9.98 Å². The molecule has 4 atom stereocenters. The van der Waals surface area contributed by atoms with E-state index in [9.17, 15) is 0 Å².